The van der Waals surface area contributed by atoms with Crippen LogP contribution in [0.5, 0.6) is 5.75 Å². The zero-order valence-corrected chi connectivity index (χ0v) is 14.2. The van der Waals surface area contributed by atoms with Gasteiger partial charge in [-0.2, -0.15) is 0 Å². The zero-order chi connectivity index (χ0) is 17.2. The minimum absolute atomic E-state index is 0.0235. The molecular weight excluding hydrogens is 312 g/mol. The van der Waals surface area contributed by atoms with Crippen molar-refractivity contribution in [1.82, 2.24) is 9.88 Å². The first kappa shape index (κ1) is 15.6. The average molecular weight is 332 g/mol. The van der Waals surface area contributed by atoms with E-state index in [9.17, 15) is 4.79 Å². The third-order valence-electron chi connectivity index (χ3n) is 4.71. The number of carbonyl (C=O) groups is 1. The van der Waals surface area contributed by atoms with E-state index < -0.39 is 6.10 Å². The maximum absolute atomic E-state index is 12.8. The third kappa shape index (κ3) is 3.07. The Balaban J connectivity index is 1.51. The number of ether oxygens (including phenoxy) is 1. The standard InChI is InChI=1S/C21H20N2O2/c1-23(14-16-7-4-9-18-17(16)8-5-13-22-18)21(24)20-12-11-15-6-2-3-10-19(15)25-20/h2-10,13,20H,11-12,14H2,1H3/t20-/m1/s1. The van der Waals surface area contributed by atoms with Gasteiger partial charge in [0.25, 0.3) is 5.91 Å². The molecule has 2 aromatic carbocycles. The molecule has 25 heavy (non-hydrogen) atoms. The zero-order valence-electron chi connectivity index (χ0n) is 14.2. The molecule has 4 rings (SSSR count). The summed E-state index contributed by atoms with van der Waals surface area (Å²) in [5.74, 6) is 0.852. The number of rotatable bonds is 3. The maximum Gasteiger partial charge on any atom is 0.263 e. The predicted molar refractivity (Wildman–Crippen MR) is 97.4 cm³/mol. The second kappa shape index (κ2) is 6.55. The van der Waals surface area contributed by atoms with Crippen molar-refractivity contribution in [2.24, 2.45) is 0 Å². The molecule has 126 valence electrons. The van der Waals surface area contributed by atoms with E-state index in [0.29, 0.717) is 6.54 Å². The molecule has 0 saturated heterocycles. The lowest BCUT2D eigenvalue weighted by molar-refractivity contribution is -0.138. The first-order valence-electron chi connectivity index (χ1n) is 8.54. The molecule has 0 saturated carbocycles. The monoisotopic (exact) mass is 332 g/mol. The van der Waals surface area contributed by atoms with Gasteiger partial charge in [0.05, 0.1) is 5.52 Å². The van der Waals surface area contributed by atoms with Crippen LogP contribution in [0.3, 0.4) is 0 Å². The molecule has 1 aliphatic heterocycles. The van der Waals surface area contributed by atoms with Gasteiger partial charge in [0.1, 0.15) is 5.75 Å². The lowest BCUT2D eigenvalue weighted by Crippen LogP contribution is -2.41. The summed E-state index contributed by atoms with van der Waals surface area (Å²) < 4.78 is 5.94. The van der Waals surface area contributed by atoms with E-state index in [1.165, 1.54) is 5.56 Å². The molecule has 4 nitrogen and oxygen atoms in total. The first-order chi connectivity index (χ1) is 12.2. The van der Waals surface area contributed by atoms with Gasteiger partial charge in [-0.15, -0.1) is 0 Å². The Kier molecular flexibility index (Phi) is 4.10. The maximum atomic E-state index is 12.8. The van der Waals surface area contributed by atoms with Crippen molar-refractivity contribution in [3.8, 4) is 5.75 Å². The number of para-hydroxylation sites is 1. The minimum atomic E-state index is -0.409. The number of likely N-dealkylation sites (N-methyl/N-ethyl adjacent to an activating group) is 1. The minimum Gasteiger partial charge on any atom is -0.480 e. The highest BCUT2D eigenvalue weighted by atomic mass is 16.5. The van der Waals surface area contributed by atoms with Crippen LogP contribution in [0.1, 0.15) is 17.5 Å². The Hall–Kier alpha value is -2.88. The van der Waals surface area contributed by atoms with Crippen LogP contribution in [0.4, 0.5) is 0 Å². The van der Waals surface area contributed by atoms with Crippen LogP contribution in [-0.2, 0) is 17.8 Å². The smallest absolute Gasteiger partial charge is 0.263 e. The fourth-order valence-electron chi connectivity index (χ4n) is 3.38. The number of amides is 1. The normalized spacial score (nSPS) is 16.1. The number of aryl methyl sites for hydroxylation is 1. The number of benzene rings is 2. The summed E-state index contributed by atoms with van der Waals surface area (Å²) in [4.78, 5) is 19.0. The highest BCUT2D eigenvalue weighted by Gasteiger charge is 2.28. The lowest BCUT2D eigenvalue weighted by Gasteiger charge is -2.29. The fraction of sp³-hybridized carbons (Fsp3) is 0.238. The molecule has 0 spiro atoms. The number of carbonyl (C=O) groups excluding carboxylic acids is 1. The molecular formula is C21H20N2O2. The lowest BCUT2D eigenvalue weighted by atomic mass is 10.0. The van der Waals surface area contributed by atoms with Crippen molar-refractivity contribution in [2.75, 3.05) is 7.05 Å². The van der Waals surface area contributed by atoms with Crippen LogP contribution < -0.4 is 4.74 Å². The van der Waals surface area contributed by atoms with Crippen molar-refractivity contribution >= 4 is 16.8 Å². The van der Waals surface area contributed by atoms with E-state index in [-0.39, 0.29) is 5.91 Å². The van der Waals surface area contributed by atoms with Gasteiger partial charge in [-0.3, -0.25) is 9.78 Å². The van der Waals surface area contributed by atoms with Crippen LogP contribution in [-0.4, -0.2) is 28.9 Å². The van der Waals surface area contributed by atoms with Gasteiger partial charge in [-0.05, 0) is 42.2 Å². The molecule has 3 aromatic rings. The largest absolute Gasteiger partial charge is 0.480 e. The number of fused-ring (bicyclic) bond motifs is 2. The van der Waals surface area contributed by atoms with E-state index in [4.69, 9.17) is 4.74 Å². The van der Waals surface area contributed by atoms with Gasteiger partial charge in [0, 0.05) is 25.2 Å². The number of hydrogen-bond donors (Lipinski definition) is 0. The summed E-state index contributed by atoms with van der Waals surface area (Å²) in [6.45, 7) is 0.545. The van der Waals surface area contributed by atoms with Crippen LogP contribution in [0.2, 0.25) is 0 Å². The highest BCUT2D eigenvalue weighted by molar-refractivity contribution is 5.84. The van der Waals surface area contributed by atoms with Crippen LogP contribution in [0, 0.1) is 0 Å². The third-order valence-corrected chi connectivity index (χ3v) is 4.71. The Morgan fingerprint density at radius 3 is 2.96 bits per heavy atom. The summed E-state index contributed by atoms with van der Waals surface area (Å²) in [6, 6.07) is 17.9. The number of aromatic nitrogens is 1. The van der Waals surface area contributed by atoms with Gasteiger partial charge >= 0.3 is 0 Å². The first-order valence-corrected chi connectivity index (χ1v) is 8.54. The van der Waals surface area contributed by atoms with Gasteiger partial charge in [0.15, 0.2) is 6.10 Å². The Morgan fingerprint density at radius 2 is 2.04 bits per heavy atom. The molecule has 0 radical (unpaired) electrons. The topological polar surface area (TPSA) is 42.4 Å². The van der Waals surface area contributed by atoms with E-state index >= 15 is 0 Å². The molecule has 1 amide bonds. The van der Waals surface area contributed by atoms with E-state index in [1.54, 1.807) is 11.1 Å². The van der Waals surface area contributed by atoms with Crippen molar-refractivity contribution in [3.63, 3.8) is 0 Å². The molecule has 4 heteroatoms. The van der Waals surface area contributed by atoms with Crippen molar-refractivity contribution in [1.29, 1.82) is 0 Å². The van der Waals surface area contributed by atoms with Crippen molar-refractivity contribution < 1.29 is 9.53 Å². The molecule has 0 fully saturated rings. The second-order valence-corrected chi connectivity index (χ2v) is 6.43. The predicted octanol–water partition coefficient (Wildman–Crippen LogP) is 3.59. The van der Waals surface area contributed by atoms with Crippen LogP contribution in [0.15, 0.2) is 60.8 Å². The molecule has 0 unspecified atom stereocenters. The van der Waals surface area contributed by atoms with Gasteiger partial charge < -0.3 is 9.64 Å². The van der Waals surface area contributed by atoms with Gasteiger partial charge in [-0.25, -0.2) is 0 Å². The Labute approximate surface area is 147 Å². The number of pyridine rings is 1. The molecule has 1 aromatic heterocycles. The molecule has 0 aliphatic carbocycles. The summed E-state index contributed by atoms with van der Waals surface area (Å²) in [6.07, 6.45) is 2.97. The number of hydrogen-bond acceptors (Lipinski definition) is 3. The van der Waals surface area contributed by atoms with E-state index in [2.05, 4.69) is 11.1 Å². The molecule has 1 atom stereocenters. The van der Waals surface area contributed by atoms with Crippen LogP contribution >= 0.6 is 0 Å². The molecule has 2 heterocycles. The Morgan fingerprint density at radius 1 is 1.16 bits per heavy atom. The van der Waals surface area contributed by atoms with E-state index in [1.807, 2.05) is 55.6 Å². The van der Waals surface area contributed by atoms with Crippen molar-refractivity contribution in [2.45, 2.75) is 25.5 Å². The van der Waals surface area contributed by atoms with E-state index in [0.717, 1.165) is 35.1 Å². The molecule has 0 bridgehead atoms. The Bertz CT molecular complexity index is 917. The quantitative estimate of drug-likeness (QED) is 0.736. The van der Waals surface area contributed by atoms with Gasteiger partial charge in [-0.1, -0.05) is 36.4 Å². The highest BCUT2D eigenvalue weighted by Crippen LogP contribution is 2.28. The van der Waals surface area contributed by atoms with Crippen LogP contribution in [0.25, 0.3) is 10.9 Å². The fourth-order valence-corrected chi connectivity index (χ4v) is 3.38. The van der Waals surface area contributed by atoms with Crippen molar-refractivity contribution in [3.05, 3.63) is 71.9 Å². The van der Waals surface area contributed by atoms with Gasteiger partial charge in [0.2, 0.25) is 0 Å². The average Bonchev–Trinajstić information content (AvgIpc) is 2.67. The summed E-state index contributed by atoms with van der Waals surface area (Å²) in [5, 5.41) is 1.08. The SMILES string of the molecule is CN(Cc1cccc2ncccc12)C(=O)[C@H]1CCc2ccccc2O1. The second-order valence-electron chi connectivity index (χ2n) is 6.43. The number of nitrogens with zero attached hydrogens (tertiary/aromatic N) is 2. The summed E-state index contributed by atoms with van der Waals surface area (Å²) >= 11 is 0. The summed E-state index contributed by atoms with van der Waals surface area (Å²) in [7, 11) is 1.83. The molecule has 1 aliphatic rings. The summed E-state index contributed by atoms with van der Waals surface area (Å²) in [5.41, 5.74) is 3.22. The molecule has 0 N–H and O–H groups in total.